The van der Waals surface area contributed by atoms with Crippen molar-refractivity contribution in [3.8, 4) is 0 Å². The molecule has 0 atom stereocenters. The van der Waals surface area contributed by atoms with Crippen molar-refractivity contribution in [1.82, 2.24) is 0 Å². The lowest BCUT2D eigenvalue weighted by atomic mass is 10.1. The van der Waals surface area contributed by atoms with Crippen LogP contribution in [-0.2, 0) is 11.3 Å². The monoisotopic (exact) mass is 313 g/mol. The van der Waals surface area contributed by atoms with Crippen LogP contribution in [0.5, 0.6) is 0 Å². The molecule has 3 aromatic rings. The Morgan fingerprint density at radius 2 is 1.42 bits per heavy atom. The third-order valence-electron chi connectivity index (χ3n) is 4.38. The molecule has 2 heteroatoms. The minimum Gasteiger partial charge on any atom is -0.496 e. The number of hydrogen-bond donors (Lipinski definition) is 0. The van der Waals surface area contributed by atoms with Gasteiger partial charge in [-0.25, -0.2) is 0 Å². The number of fused-ring (bicyclic) bond motifs is 2. The first-order valence-corrected chi connectivity index (χ1v) is 8.12. The number of nitrogens with zero attached hydrogens (tertiary/aromatic N) is 1. The molecule has 0 amide bonds. The maximum atomic E-state index is 5.69. The maximum absolute atomic E-state index is 5.69. The second kappa shape index (κ2) is 6.25. The number of ether oxygens (including phenoxy) is 1. The standard InChI is InChI=1S/C22H19NO/c1-24-22-15-18-11-5-7-13-20(18)23(16-17-9-3-2-4-10-17)21-14-8-6-12-19(21)22/h2-15H,16H2,1H3. The van der Waals surface area contributed by atoms with Gasteiger partial charge in [0.1, 0.15) is 5.76 Å². The molecule has 0 spiro atoms. The average Bonchev–Trinajstić information content (AvgIpc) is 2.78. The molecule has 0 unspecified atom stereocenters. The Bertz CT molecular complexity index is 883. The first kappa shape index (κ1) is 14.6. The second-order valence-corrected chi connectivity index (χ2v) is 5.86. The van der Waals surface area contributed by atoms with Crippen LogP contribution in [0.1, 0.15) is 16.7 Å². The molecule has 1 heterocycles. The highest BCUT2D eigenvalue weighted by atomic mass is 16.5. The van der Waals surface area contributed by atoms with Crippen LogP contribution in [0.3, 0.4) is 0 Å². The van der Waals surface area contributed by atoms with Crippen LogP contribution in [-0.4, -0.2) is 7.11 Å². The number of methoxy groups -OCH3 is 1. The molecular weight excluding hydrogens is 294 g/mol. The summed E-state index contributed by atoms with van der Waals surface area (Å²) in [4.78, 5) is 2.36. The fourth-order valence-electron chi connectivity index (χ4n) is 3.23. The van der Waals surface area contributed by atoms with Gasteiger partial charge in [-0.1, -0.05) is 60.7 Å². The highest BCUT2D eigenvalue weighted by Crippen LogP contribution is 2.40. The van der Waals surface area contributed by atoms with E-state index in [2.05, 4.69) is 89.8 Å². The van der Waals surface area contributed by atoms with Gasteiger partial charge >= 0.3 is 0 Å². The summed E-state index contributed by atoms with van der Waals surface area (Å²) in [5.74, 6) is 0.897. The van der Waals surface area contributed by atoms with Crippen molar-refractivity contribution in [3.05, 3.63) is 95.6 Å². The van der Waals surface area contributed by atoms with Gasteiger partial charge < -0.3 is 9.64 Å². The van der Waals surface area contributed by atoms with Crippen molar-refractivity contribution in [3.63, 3.8) is 0 Å². The second-order valence-electron chi connectivity index (χ2n) is 5.86. The molecule has 0 N–H and O–H groups in total. The van der Waals surface area contributed by atoms with E-state index >= 15 is 0 Å². The van der Waals surface area contributed by atoms with Crippen LogP contribution in [0, 0.1) is 0 Å². The summed E-state index contributed by atoms with van der Waals surface area (Å²) in [6.07, 6.45) is 2.12. The maximum Gasteiger partial charge on any atom is 0.128 e. The van der Waals surface area contributed by atoms with Gasteiger partial charge in [0.25, 0.3) is 0 Å². The van der Waals surface area contributed by atoms with Gasteiger partial charge in [0.2, 0.25) is 0 Å². The SMILES string of the molecule is COC1=Cc2ccccc2N(Cc2ccccc2)c2ccccc21. The smallest absolute Gasteiger partial charge is 0.128 e. The van der Waals surface area contributed by atoms with Crippen molar-refractivity contribution >= 4 is 23.2 Å². The molecular formula is C22H19NO. The van der Waals surface area contributed by atoms with Crippen molar-refractivity contribution in [1.29, 1.82) is 0 Å². The third-order valence-corrected chi connectivity index (χ3v) is 4.38. The van der Waals surface area contributed by atoms with E-state index < -0.39 is 0 Å². The predicted octanol–water partition coefficient (Wildman–Crippen LogP) is 5.48. The van der Waals surface area contributed by atoms with Crippen molar-refractivity contribution in [2.24, 2.45) is 0 Å². The van der Waals surface area contributed by atoms with Crippen LogP contribution < -0.4 is 4.90 Å². The van der Waals surface area contributed by atoms with Gasteiger partial charge in [-0.3, -0.25) is 0 Å². The molecule has 1 aliphatic heterocycles. The summed E-state index contributed by atoms with van der Waals surface area (Å²) in [6.45, 7) is 0.819. The van der Waals surface area contributed by atoms with E-state index in [4.69, 9.17) is 4.74 Å². The third kappa shape index (κ3) is 2.56. The van der Waals surface area contributed by atoms with Crippen LogP contribution in [0.25, 0.3) is 11.8 Å². The molecule has 4 rings (SSSR count). The van der Waals surface area contributed by atoms with E-state index in [1.165, 1.54) is 22.5 Å². The zero-order valence-electron chi connectivity index (χ0n) is 13.6. The van der Waals surface area contributed by atoms with Gasteiger partial charge in [0, 0.05) is 23.4 Å². The molecule has 0 saturated heterocycles. The Morgan fingerprint density at radius 1 is 0.750 bits per heavy atom. The number of hydrogen-bond acceptors (Lipinski definition) is 2. The summed E-state index contributed by atoms with van der Waals surface area (Å²) >= 11 is 0. The summed E-state index contributed by atoms with van der Waals surface area (Å²) in [5.41, 5.74) is 5.93. The highest BCUT2D eigenvalue weighted by Gasteiger charge is 2.21. The molecule has 2 nitrogen and oxygen atoms in total. The molecule has 24 heavy (non-hydrogen) atoms. The van der Waals surface area contributed by atoms with Crippen molar-refractivity contribution < 1.29 is 4.74 Å². The minimum atomic E-state index is 0.819. The van der Waals surface area contributed by atoms with Crippen molar-refractivity contribution in [2.75, 3.05) is 12.0 Å². The van der Waals surface area contributed by atoms with Gasteiger partial charge in [-0.05, 0) is 29.8 Å². The van der Waals surface area contributed by atoms with E-state index in [-0.39, 0.29) is 0 Å². The molecule has 0 fully saturated rings. The number of benzene rings is 3. The summed E-state index contributed by atoms with van der Waals surface area (Å²) in [6, 6.07) is 27.4. The lowest BCUT2D eigenvalue weighted by molar-refractivity contribution is 0.373. The van der Waals surface area contributed by atoms with Crippen LogP contribution in [0.4, 0.5) is 11.4 Å². The molecule has 0 aliphatic carbocycles. The zero-order valence-corrected chi connectivity index (χ0v) is 13.6. The molecule has 3 aromatic carbocycles. The summed E-state index contributed by atoms with van der Waals surface area (Å²) in [5, 5.41) is 0. The van der Waals surface area contributed by atoms with Gasteiger partial charge in [-0.2, -0.15) is 0 Å². The van der Waals surface area contributed by atoms with Gasteiger partial charge in [0.15, 0.2) is 0 Å². The topological polar surface area (TPSA) is 12.5 Å². The predicted molar refractivity (Wildman–Crippen MR) is 100 cm³/mol. The Hall–Kier alpha value is -3.00. The number of rotatable bonds is 3. The van der Waals surface area contributed by atoms with E-state index in [0.717, 1.165) is 17.9 Å². The van der Waals surface area contributed by atoms with Gasteiger partial charge in [0.05, 0.1) is 12.8 Å². The molecule has 118 valence electrons. The molecule has 0 radical (unpaired) electrons. The summed E-state index contributed by atoms with van der Waals surface area (Å²) in [7, 11) is 1.73. The fraction of sp³-hybridized carbons (Fsp3) is 0.0909. The number of anilines is 2. The minimum absolute atomic E-state index is 0.819. The average molecular weight is 313 g/mol. The van der Waals surface area contributed by atoms with E-state index in [9.17, 15) is 0 Å². The Balaban J connectivity index is 1.91. The normalized spacial score (nSPS) is 12.7. The Labute approximate surface area is 142 Å². The first-order chi connectivity index (χ1) is 11.9. The van der Waals surface area contributed by atoms with Crippen LogP contribution in [0.15, 0.2) is 78.9 Å². The van der Waals surface area contributed by atoms with E-state index in [1.807, 2.05) is 0 Å². The quantitative estimate of drug-likeness (QED) is 0.634. The Kier molecular flexibility index (Phi) is 3.80. The van der Waals surface area contributed by atoms with Crippen LogP contribution >= 0.6 is 0 Å². The lowest BCUT2D eigenvalue weighted by Crippen LogP contribution is -2.17. The lowest BCUT2D eigenvalue weighted by Gasteiger charge is -2.27. The fourth-order valence-corrected chi connectivity index (χ4v) is 3.23. The van der Waals surface area contributed by atoms with Gasteiger partial charge in [-0.15, -0.1) is 0 Å². The molecule has 0 aromatic heterocycles. The Morgan fingerprint density at radius 3 is 2.21 bits per heavy atom. The van der Waals surface area contributed by atoms with Crippen LogP contribution in [0.2, 0.25) is 0 Å². The number of para-hydroxylation sites is 2. The molecule has 1 aliphatic rings. The first-order valence-electron chi connectivity index (χ1n) is 8.12. The van der Waals surface area contributed by atoms with E-state index in [0.29, 0.717) is 0 Å². The largest absolute Gasteiger partial charge is 0.496 e. The highest BCUT2D eigenvalue weighted by molar-refractivity contribution is 5.92. The van der Waals surface area contributed by atoms with E-state index in [1.54, 1.807) is 7.11 Å². The van der Waals surface area contributed by atoms with Crippen molar-refractivity contribution in [2.45, 2.75) is 6.54 Å². The molecule has 0 saturated carbocycles. The molecule has 0 bridgehead atoms. The summed E-state index contributed by atoms with van der Waals surface area (Å²) < 4.78 is 5.69. The zero-order chi connectivity index (χ0) is 16.4.